The Balaban J connectivity index is 2.46. The second kappa shape index (κ2) is 2.06. The van der Waals surface area contributed by atoms with Crippen LogP contribution in [0.15, 0.2) is 45.7 Å². The number of hydrogen-bond acceptors (Lipinski definition) is 2. The van der Waals surface area contributed by atoms with E-state index >= 15 is 0 Å². The maximum Gasteiger partial charge on any atom is 0.0347 e. The smallest absolute Gasteiger partial charge is 0.0347 e. The van der Waals surface area contributed by atoms with Gasteiger partial charge in [-0.05, 0) is 12.2 Å². The number of allylic oxidation sites excluding steroid dienone is 4. The van der Waals surface area contributed by atoms with Gasteiger partial charge in [0, 0.05) is 36.0 Å². The molecule has 2 aliphatic rings. The standard InChI is InChI=1S/C8H6N2/c1-3-9-5-7(1)8-2-4-10-6-8/h1-6H. The predicted molar refractivity (Wildman–Crippen MR) is 42.3 cm³/mol. The van der Waals surface area contributed by atoms with E-state index in [2.05, 4.69) is 9.98 Å². The summed E-state index contributed by atoms with van der Waals surface area (Å²) in [5.41, 5.74) is 2.27. The van der Waals surface area contributed by atoms with E-state index in [0.29, 0.717) is 0 Å². The molecule has 0 aromatic rings. The fourth-order valence-electron chi connectivity index (χ4n) is 0.921. The van der Waals surface area contributed by atoms with Crippen molar-refractivity contribution in [2.45, 2.75) is 0 Å². The van der Waals surface area contributed by atoms with E-state index in [1.165, 1.54) is 0 Å². The molecule has 0 N–H and O–H groups in total. The van der Waals surface area contributed by atoms with Gasteiger partial charge in [-0.2, -0.15) is 0 Å². The van der Waals surface area contributed by atoms with Gasteiger partial charge in [0.2, 0.25) is 0 Å². The molecule has 0 spiro atoms. The Labute approximate surface area is 59.0 Å². The van der Waals surface area contributed by atoms with Crippen molar-refractivity contribution in [3.8, 4) is 0 Å². The summed E-state index contributed by atoms with van der Waals surface area (Å²) in [7, 11) is 0. The molecule has 0 aromatic carbocycles. The summed E-state index contributed by atoms with van der Waals surface area (Å²) in [5, 5.41) is 0. The molecule has 48 valence electrons. The lowest BCUT2D eigenvalue weighted by Crippen LogP contribution is -1.83. The average molecular weight is 130 g/mol. The SMILES string of the molecule is C1=CC(=C2C=CN=C2)C=N1. The Morgan fingerprint density at radius 2 is 1.30 bits per heavy atom. The second-order valence-electron chi connectivity index (χ2n) is 2.10. The van der Waals surface area contributed by atoms with Crippen molar-refractivity contribution in [3.05, 3.63) is 35.7 Å². The normalized spacial score (nSPS) is 27.2. The van der Waals surface area contributed by atoms with Gasteiger partial charge in [-0.1, -0.05) is 0 Å². The van der Waals surface area contributed by atoms with Crippen LogP contribution in [0.2, 0.25) is 0 Å². The van der Waals surface area contributed by atoms with Gasteiger partial charge in [0.05, 0.1) is 0 Å². The monoisotopic (exact) mass is 130 g/mol. The minimum Gasteiger partial charge on any atom is -0.264 e. The zero-order chi connectivity index (χ0) is 6.81. The Morgan fingerprint density at radius 1 is 0.800 bits per heavy atom. The van der Waals surface area contributed by atoms with Gasteiger partial charge in [-0.15, -0.1) is 0 Å². The molecular weight excluding hydrogens is 124 g/mol. The van der Waals surface area contributed by atoms with Gasteiger partial charge in [-0.25, -0.2) is 0 Å². The molecule has 0 saturated heterocycles. The lowest BCUT2D eigenvalue weighted by Gasteiger charge is -1.88. The maximum absolute atomic E-state index is 3.95. The van der Waals surface area contributed by atoms with Crippen LogP contribution in [0.25, 0.3) is 0 Å². The van der Waals surface area contributed by atoms with Gasteiger partial charge >= 0.3 is 0 Å². The van der Waals surface area contributed by atoms with Crippen molar-refractivity contribution in [2.75, 3.05) is 0 Å². The van der Waals surface area contributed by atoms with Gasteiger partial charge < -0.3 is 0 Å². The summed E-state index contributed by atoms with van der Waals surface area (Å²) in [6.45, 7) is 0. The van der Waals surface area contributed by atoms with Crippen LogP contribution < -0.4 is 0 Å². The van der Waals surface area contributed by atoms with Gasteiger partial charge in [0.25, 0.3) is 0 Å². The highest BCUT2D eigenvalue weighted by molar-refractivity contribution is 5.98. The van der Waals surface area contributed by atoms with E-state index in [4.69, 9.17) is 0 Å². The highest BCUT2D eigenvalue weighted by atomic mass is 14.7. The molecule has 2 heteroatoms. The van der Waals surface area contributed by atoms with Gasteiger partial charge in [0.1, 0.15) is 0 Å². The van der Waals surface area contributed by atoms with Crippen molar-refractivity contribution in [2.24, 2.45) is 9.98 Å². The number of rotatable bonds is 0. The Bertz CT molecular complexity index is 232. The first-order valence-corrected chi connectivity index (χ1v) is 3.10. The second-order valence-corrected chi connectivity index (χ2v) is 2.10. The summed E-state index contributed by atoms with van der Waals surface area (Å²) in [6.07, 6.45) is 11.2. The first-order valence-electron chi connectivity index (χ1n) is 3.10. The topological polar surface area (TPSA) is 24.7 Å². The third kappa shape index (κ3) is 0.739. The fourth-order valence-corrected chi connectivity index (χ4v) is 0.921. The summed E-state index contributed by atoms with van der Waals surface area (Å²) < 4.78 is 0. The van der Waals surface area contributed by atoms with E-state index in [1.807, 2.05) is 24.6 Å². The van der Waals surface area contributed by atoms with Crippen molar-refractivity contribution in [3.63, 3.8) is 0 Å². The van der Waals surface area contributed by atoms with Crippen LogP contribution in [0.4, 0.5) is 0 Å². The molecule has 0 unspecified atom stereocenters. The van der Waals surface area contributed by atoms with Crippen LogP contribution in [0.5, 0.6) is 0 Å². The molecule has 2 aliphatic heterocycles. The fraction of sp³-hybridized carbons (Fsp3) is 0. The lowest BCUT2D eigenvalue weighted by atomic mass is 10.1. The number of nitrogens with zero attached hydrogens (tertiary/aromatic N) is 2. The molecule has 0 fully saturated rings. The largest absolute Gasteiger partial charge is 0.264 e. The van der Waals surface area contributed by atoms with Crippen LogP contribution in [-0.2, 0) is 0 Å². The summed E-state index contributed by atoms with van der Waals surface area (Å²) in [5.74, 6) is 0. The molecular formula is C8H6N2. The van der Waals surface area contributed by atoms with Crippen LogP contribution in [-0.4, -0.2) is 12.4 Å². The zero-order valence-corrected chi connectivity index (χ0v) is 5.36. The van der Waals surface area contributed by atoms with Gasteiger partial charge in [0.15, 0.2) is 0 Å². The van der Waals surface area contributed by atoms with Crippen molar-refractivity contribution in [1.29, 1.82) is 0 Å². The molecule has 0 amide bonds. The van der Waals surface area contributed by atoms with Crippen LogP contribution in [0.3, 0.4) is 0 Å². The third-order valence-corrected chi connectivity index (χ3v) is 1.44. The first-order chi connectivity index (χ1) is 4.97. The predicted octanol–water partition coefficient (Wildman–Crippen LogP) is 1.48. The molecule has 2 rings (SSSR count). The Kier molecular flexibility index (Phi) is 1.10. The summed E-state index contributed by atoms with van der Waals surface area (Å²) in [4.78, 5) is 7.90. The number of aliphatic imine (C=N–C) groups is 2. The van der Waals surface area contributed by atoms with Crippen LogP contribution in [0.1, 0.15) is 0 Å². The molecule has 0 aliphatic carbocycles. The minimum absolute atomic E-state index is 1.14. The Morgan fingerprint density at radius 3 is 1.60 bits per heavy atom. The first kappa shape index (κ1) is 5.35. The quantitative estimate of drug-likeness (QED) is 0.474. The van der Waals surface area contributed by atoms with E-state index in [0.717, 1.165) is 11.1 Å². The van der Waals surface area contributed by atoms with E-state index in [1.54, 1.807) is 12.4 Å². The lowest BCUT2D eigenvalue weighted by molar-refractivity contribution is 1.65. The van der Waals surface area contributed by atoms with Crippen molar-refractivity contribution < 1.29 is 0 Å². The molecule has 0 atom stereocenters. The molecule has 0 saturated carbocycles. The summed E-state index contributed by atoms with van der Waals surface area (Å²) in [6, 6.07) is 0. The number of hydrogen-bond donors (Lipinski definition) is 0. The maximum atomic E-state index is 3.95. The van der Waals surface area contributed by atoms with Gasteiger partial charge in [-0.3, -0.25) is 9.98 Å². The van der Waals surface area contributed by atoms with E-state index < -0.39 is 0 Å². The van der Waals surface area contributed by atoms with Crippen LogP contribution in [0, 0.1) is 0 Å². The molecule has 2 nitrogen and oxygen atoms in total. The van der Waals surface area contributed by atoms with Crippen LogP contribution >= 0.6 is 0 Å². The highest BCUT2D eigenvalue weighted by Gasteiger charge is 2.01. The zero-order valence-electron chi connectivity index (χ0n) is 5.36. The molecule has 0 bridgehead atoms. The van der Waals surface area contributed by atoms with Crippen molar-refractivity contribution in [1.82, 2.24) is 0 Å². The molecule has 0 aromatic heterocycles. The third-order valence-electron chi connectivity index (χ3n) is 1.44. The highest BCUT2D eigenvalue weighted by Crippen LogP contribution is 2.11. The molecule has 0 radical (unpaired) electrons. The molecule has 2 heterocycles. The average Bonchev–Trinajstić information content (AvgIpc) is 2.59. The Hall–Kier alpha value is -1.44. The summed E-state index contributed by atoms with van der Waals surface area (Å²) >= 11 is 0. The van der Waals surface area contributed by atoms with E-state index in [-0.39, 0.29) is 0 Å². The van der Waals surface area contributed by atoms with Crippen molar-refractivity contribution >= 4 is 12.4 Å². The minimum atomic E-state index is 1.14. The molecule has 10 heavy (non-hydrogen) atoms. The van der Waals surface area contributed by atoms with E-state index in [9.17, 15) is 0 Å².